The molecule has 0 aromatic carbocycles. The highest BCUT2D eigenvalue weighted by Crippen LogP contribution is 2.51. The van der Waals surface area contributed by atoms with Gasteiger partial charge in [0.15, 0.2) is 0 Å². The van der Waals surface area contributed by atoms with Crippen molar-refractivity contribution in [3.63, 3.8) is 0 Å². The molecule has 5 heterocycles. The van der Waals surface area contributed by atoms with Crippen LogP contribution in [0, 0.1) is 17.8 Å². The Labute approximate surface area is 228 Å². The number of piperazine rings is 1. The fourth-order valence-corrected chi connectivity index (χ4v) is 6.89. The first-order chi connectivity index (χ1) is 18.4. The summed E-state index contributed by atoms with van der Waals surface area (Å²) in [7, 11) is 0. The summed E-state index contributed by atoms with van der Waals surface area (Å²) in [4.78, 5) is 42.5. The molecule has 11 heteroatoms. The molecule has 9 nitrogen and oxygen atoms in total. The monoisotopic (exact) mass is 546 g/mol. The minimum atomic E-state index is -2.91. The molecule has 2 amide bonds. The minimum absolute atomic E-state index is 0.0851. The Balaban J connectivity index is 1.08. The van der Waals surface area contributed by atoms with E-state index in [0.29, 0.717) is 74.1 Å². The van der Waals surface area contributed by atoms with Crippen LogP contribution in [0.4, 0.5) is 25.3 Å². The van der Waals surface area contributed by atoms with Gasteiger partial charge in [-0.25, -0.2) is 9.78 Å². The largest absolute Gasteiger partial charge is 0.444 e. The summed E-state index contributed by atoms with van der Waals surface area (Å²) in [5, 5.41) is 0. The Morgan fingerprint density at radius 2 is 1.69 bits per heavy atom. The maximum atomic E-state index is 14.8. The van der Waals surface area contributed by atoms with Gasteiger partial charge in [0, 0.05) is 70.3 Å². The van der Waals surface area contributed by atoms with Crippen molar-refractivity contribution in [3.05, 3.63) is 11.3 Å². The summed E-state index contributed by atoms with van der Waals surface area (Å²) in [6.45, 7) is 11.9. The van der Waals surface area contributed by atoms with Crippen LogP contribution in [0.25, 0.3) is 0 Å². The first-order valence-electron chi connectivity index (χ1n) is 14.5. The molecule has 1 aromatic rings. The summed E-state index contributed by atoms with van der Waals surface area (Å²) in [6, 6.07) is 0.266. The van der Waals surface area contributed by atoms with Crippen molar-refractivity contribution in [2.75, 3.05) is 55.6 Å². The van der Waals surface area contributed by atoms with Gasteiger partial charge in [0.05, 0.1) is 0 Å². The molecule has 4 saturated heterocycles. The van der Waals surface area contributed by atoms with Gasteiger partial charge >= 0.3 is 6.09 Å². The van der Waals surface area contributed by atoms with Crippen LogP contribution in [-0.4, -0.2) is 89.2 Å². The Morgan fingerprint density at radius 3 is 2.28 bits per heavy atom. The number of hydrogen-bond donors (Lipinski definition) is 0. The molecule has 3 atom stereocenters. The van der Waals surface area contributed by atoms with Crippen LogP contribution in [0.3, 0.4) is 0 Å². The predicted octanol–water partition coefficient (Wildman–Crippen LogP) is 3.65. The second kappa shape index (κ2) is 9.44. The first-order valence-corrected chi connectivity index (χ1v) is 14.5. The van der Waals surface area contributed by atoms with E-state index in [2.05, 4.69) is 16.8 Å². The van der Waals surface area contributed by atoms with E-state index in [4.69, 9.17) is 9.72 Å². The molecule has 2 bridgehead atoms. The van der Waals surface area contributed by atoms with E-state index in [1.165, 1.54) is 0 Å². The fourth-order valence-electron chi connectivity index (χ4n) is 6.89. The third kappa shape index (κ3) is 4.90. The highest BCUT2D eigenvalue weighted by atomic mass is 19.3. The van der Waals surface area contributed by atoms with Gasteiger partial charge in [-0.2, -0.15) is 13.8 Å². The highest BCUT2D eigenvalue weighted by Gasteiger charge is 2.50. The van der Waals surface area contributed by atoms with Gasteiger partial charge in [-0.1, -0.05) is 0 Å². The normalized spacial score (nSPS) is 29.5. The quantitative estimate of drug-likeness (QED) is 0.570. The van der Waals surface area contributed by atoms with E-state index in [1.807, 2.05) is 30.6 Å². The maximum absolute atomic E-state index is 14.8. The number of ether oxygens (including phenoxy) is 1. The van der Waals surface area contributed by atoms with E-state index in [0.717, 1.165) is 32.5 Å². The van der Waals surface area contributed by atoms with Crippen molar-refractivity contribution in [1.82, 2.24) is 19.8 Å². The molecule has 2 unspecified atom stereocenters. The molecule has 5 fully saturated rings. The summed E-state index contributed by atoms with van der Waals surface area (Å²) < 4.78 is 35.0. The fraction of sp³-hybridized carbons (Fsp3) is 0.786. The van der Waals surface area contributed by atoms with Gasteiger partial charge in [0.25, 0.3) is 5.92 Å². The molecule has 1 saturated carbocycles. The lowest BCUT2D eigenvalue weighted by Crippen LogP contribution is -2.58. The Bertz CT molecular complexity index is 1140. The van der Waals surface area contributed by atoms with Crippen LogP contribution in [0.2, 0.25) is 0 Å². The third-order valence-corrected chi connectivity index (χ3v) is 9.31. The number of hydrogen-bond acceptors (Lipinski definition) is 7. The van der Waals surface area contributed by atoms with E-state index < -0.39 is 11.5 Å². The Kier molecular flexibility index (Phi) is 6.41. The van der Waals surface area contributed by atoms with Crippen molar-refractivity contribution < 1.29 is 23.1 Å². The molecule has 1 aromatic heterocycles. The molecule has 0 N–H and O–H groups in total. The average Bonchev–Trinajstić information content (AvgIpc) is 3.19. The molecule has 6 aliphatic rings. The lowest BCUT2D eigenvalue weighted by atomic mass is 9.60. The number of alkyl halides is 2. The number of nitrogens with zero attached hydrogens (tertiary/aromatic N) is 6. The lowest BCUT2D eigenvalue weighted by molar-refractivity contribution is -0.137. The number of piperidine rings is 2. The van der Waals surface area contributed by atoms with Crippen LogP contribution < -0.4 is 9.80 Å². The molecule has 4 aliphatic heterocycles. The molecule has 0 radical (unpaired) electrons. The Hall–Kier alpha value is -2.72. The third-order valence-electron chi connectivity index (χ3n) is 9.31. The number of amides is 2. The van der Waals surface area contributed by atoms with Crippen LogP contribution in [0.5, 0.6) is 0 Å². The SMILES string of the molecule is C[C@H]1CCN1c1nc(N2CC3CC(C2)C3CC(=O)N2CCN(C(=O)OC(C)(C)C)CC2)c2c(n1)C(F)(F)CC2. The molecule has 39 heavy (non-hydrogen) atoms. The molecular weight excluding hydrogens is 506 g/mol. The van der Waals surface area contributed by atoms with E-state index in [9.17, 15) is 18.4 Å². The van der Waals surface area contributed by atoms with Gasteiger partial charge in [-0.05, 0) is 64.7 Å². The summed E-state index contributed by atoms with van der Waals surface area (Å²) in [5.74, 6) is -0.627. The van der Waals surface area contributed by atoms with Crippen molar-refractivity contribution >= 4 is 23.8 Å². The number of aromatic nitrogens is 2. The summed E-state index contributed by atoms with van der Waals surface area (Å²) >= 11 is 0. The van der Waals surface area contributed by atoms with Gasteiger partial charge < -0.3 is 24.3 Å². The van der Waals surface area contributed by atoms with Gasteiger partial charge in [0.2, 0.25) is 11.9 Å². The molecule has 7 rings (SSSR count). The van der Waals surface area contributed by atoms with Crippen molar-refractivity contribution in [2.45, 2.75) is 77.4 Å². The summed E-state index contributed by atoms with van der Waals surface area (Å²) in [5.41, 5.74) is -0.0200. The van der Waals surface area contributed by atoms with Crippen molar-refractivity contribution in [3.8, 4) is 0 Å². The van der Waals surface area contributed by atoms with Crippen molar-refractivity contribution in [1.29, 1.82) is 0 Å². The van der Waals surface area contributed by atoms with E-state index in [-0.39, 0.29) is 30.2 Å². The predicted molar refractivity (Wildman–Crippen MR) is 142 cm³/mol. The number of rotatable bonds is 4. The number of anilines is 2. The second-order valence-corrected chi connectivity index (χ2v) is 13.1. The zero-order valence-electron chi connectivity index (χ0n) is 23.5. The lowest BCUT2D eigenvalue weighted by Gasteiger charge is -2.54. The summed E-state index contributed by atoms with van der Waals surface area (Å²) in [6.07, 6.45) is 2.36. The van der Waals surface area contributed by atoms with E-state index >= 15 is 0 Å². The zero-order chi connectivity index (χ0) is 27.7. The van der Waals surface area contributed by atoms with Crippen LogP contribution in [0.15, 0.2) is 0 Å². The number of carbonyl (C=O) groups is 2. The van der Waals surface area contributed by atoms with Gasteiger partial charge in [-0.3, -0.25) is 4.79 Å². The van der Waals surface area contributed by atoms with Crippen LogP contribution >= 0.6 is 0 Å². The highest BCUT2D eigenvalue weighted by molar-refractivity contribution is 5.77. The Morgan fingerprint density at radius 1 is 1.03 bits per heavy atom. The molecule has 0 spiro atoms. The number of halogens is 2. The number of carbonyl (C=O) groups excluding carboxylic acids is 2. The van der Waals surface area contributed by atoms with Crippen LogP contribution in [0.1, 0.15) is 64.6 Å². The molecular formula is C28H40F2N6O3. The standard InChI is InChI=1S/C28H40F2N6O3/c1-17-6-8-36(17)25-31-23-20(5-7-28(23,29)30)24(32-25)35-15-18-13-19(16-35)21(18)14-22(37)33-9-11-34(12-10-33)26(38)39-27(2,3)4/h17-19,21H,5-16H2,1-4H3/t17-,18?,19?,21?/m0/s1. The zero-order valence-corrected chi connectivity index (χ0v) is 23.5. The number of fused-ring (bicyclic) bond motifs is 3. The average molecular weight is 547 g/mol. The molecule has 214 valence electrons. The maximum Gasteiger partial charge on any atom is 0.410 e. The topological polar surface area (TPSA) is 82.1 Å². The molecule has 2 aliphatic carbocycles. The van der Waals surface area contributed by atoms with Crippen LogP contribution in [-0.2, 0) is 21.9 Å². The van der Waals surface area contributed by atoms with Crippen molar-refractivity contribution in [2.24, 2.45) is 17.8 Å². The second-order valence-electron chi connectivity index (χ2n) is 13.1. The smallest absolute Gasteiger partial charge is 0.410 e. The first kappa shape index (κ1) is 26.5. The van der Waals surface area contributed by atoms with Gasteiger partial charge in [-0.15, -0.1) is 0 Å². The van der Waals surface area contributed by atoms with E-state index in [1.54, 1.807) is 4.90 Å². The van der Waals surface area contributed by atoms with Gasteiger partial charge in [0.1, 0.15) is 17.1 Å². The minimum Gasteiger partial charge on any atom is -0.444 e.